The molecular formula is C12H20O4. The third kappa shape index (κ3) is 5.53. The molecule has 0 amide bonds. The van der Waals surface area contributed by atoms with E-state index in [9.17, 15) is 9.59 Å². The van der Waals surface area contributed by atoms with Crippen molar-refractivity contribution >= 4 is 11.9 Å². The van der Waals surface area contributed by atoms with Crippen molar-refractivity contribution < 1.29 is 19.8 Å². The number of carbonyl (C=O) groups is 2. The maximum atomic E-state index is 10.8. The van der Waals surface area contributed by atoms with Crippen LogP contribution >= 0.6 is 0 Å². The van der Waals surface area contributed by atoms with Gasteiger partial charge in [0.2, 0.25) is 0 Å². The number of allylic oxidation sites excluding steroid dienone is 1. The molecule has 4 nitrogen and oxygen atoms in total. The molecule has 1 atom stereocenters. The summed E-state index contributed by atoms with van der Waals surface area (Å²) in [6.07, 6.45) is 6.40. The molecule has 0 aromatic rings. The van der Waals surface area contributed by atoms with Crippen molar-refractivity contribution in [3.8, 4) is 0 Å². The molecule has 0 rings (SSSR count). The molecule has 16 heavy (non-hydrogen) atoms. The zero-order valence-corrected chi connectivity index (χ0v) is 9.90. The smallest absolute Gasteiger partial charge is 0.332 e. The van der Waals surface area contributed by atoms with Gasteiger partial charge in [0.05, 0.1) is 5.92 Å². The van der Waals surface area contributed by atoms with Crippen molar-refractivity contribution in [3.05, 3.63) is 11.6 Å². The van der Waals surface area contributed by atoms with Crippen molar-refractivity contribution in [1.29, 1.82) is 0 Å². The van der Waals surface area contributed by atoms with E-state index >= 15 is 0 Å². The zero-order chi connectivity index (χ0) is 12.6. The highest BCUT2D eigenvalue weighted by atomic mass is 16.4. The Morgan fingerprint density at radius 1 is 1.19 bits per heavy atom. The molecule has 0 aliphatic heterocycles. The highest BCUT2D eigenvalue weighted by Crippen LogP contribution is 2.14. The predicted octanol–water partition coefficient (Wildman–Crippen LogP) is 2.69. The van der Waals surface area contributed by atoms with Crippen LogP contribution in [0.3, 0.4) is 0 Å². The van der Waals surface area contributed by atoms with Crippen LogP contribution in [0.15, 0.2) is 11.6 Å². The Morgan fingerprint density at radius 3 is 2.25 bits per heavy atom. The third-order valence-electron chi connectivity index (χ3n) is 2.51. The van der Waals surface area contributed by atoms with Gasteiger partial charge in [-0.05, 0) is 19.8 Å². The zero-order valence-electron chi connectivity index (χ0n) is 9.90. The van der Waals surface area contributed by atoms with Crippen LogP contribution in [-0.2, 0) is 9.59 Å². The maximum Gasteiger partial charge on any atom is 0.332 e. The molecule has 0 aliphatic carbocycles. The Kier molecular flexibility index (Phi) is 7.25. The topological polar surface area (TPSA) is 74.6 Å². The monoisotopic (exact) mass is 228 g/mol. The molecule has 0 fully saturated rings. The van der Waals surface area contributed by atoms with Crippen molar-refractivity contribution in [1.82, 2.24) is 0 Å². The highest BCUT2D eigenvalue weighted by Gasteiger charge is 2.21. The molecule has 0 saturated heterocycles. The van der Waals surface area contributed by atoms with Crippen molar-refractivity contribution in [2.75, 3.05) is 0 Å². The summed E-state index contributed by atoms with van der Waals surface area (Å²) >= 11 is 0. The Bertz CT molecular complexity index is 268. The van der Waals surface area contributed by atoms with Gasteiger partial charge in [-0.2, -0.15) is 0 Å². The number of rotatable bonds is 8. The number of hydrogen-bond acceptors (Lipinski definition) is 2. The van der Waals surface area contributed by atoms with E-state index in [0.717, 1.165) is 25.7 Å². The second-order valence-corrected chi connectivity index (χ2v) is 3.87. The molecule has 92 valence electrons. The molecule has 0 heterocycles. The number of unbranched alkanes of at least 4 members (excludes halogenated alkanes) is 4. The first kappa shape index (κ1) is 14.7. The van der Waals surface area contributed by atoms with E-state index in [1.165, 1.54) is 13.0 Å². The fourth-order valence-corrected chi connectivity index (χ4v) is 1.41. The normalized spacial score (nSPS) is 13.5. The van der Waals surface area contributed by atoms with Crippen LogP contribution in [0.25, 0.3) is 0 Å². The summed E-state index contributed by atoms with van der Waals surface area (Å²) in [5.41, 5.74) is -0.0102. The van der Waals surface area contributed by atoms with Crippen LogP contribution in [0.5, 0.6) is 0 Å². The summed E-state index contributed by atoms with van der Waals surface area (Å²) in [5, 5.41) is 17.6. The molecule has 1 unspecified atom stereocenters. The summed E-state index contributed by atoms with van der Waals surface area (Å²) in [6.45, 7) is 3.50. The van der Waals surface area contributed by atoms with Gasteiger partial charge in [-0.25, -0.2) is 4.79 Å². The van der Waals surface area contributed by atoms with Crippen molar-refractivity contribution in [2.45, 2.75) is 46.0 Å². The molecule has 0 aliphatic rings. The summed E-state index contributed by atoms with van der Waals surface area (Å²) in [6, 6.07) is 0. The molecular weight excluding hydrogens is 208 g/mol. The first-order valence-electron chi connectivity index (χ1n) is 5.66. The van der Waals surface area contributed by atoms with Gasteiger partial charge in [-0.1, -0.05) is 32.3 Å². The van der Waals surface area contributed by atoms with E-state index < -0.39 is 17.9 Å². The van der Waals surface area contributed by atoms with Crippen LogP contribution in [0.1, 0.15) is 46.0 Å². The summed E-state index contributed by atoms with van der Waals surface area (Å²) < 4.78 is 0. The average molecular weight is 228 g/mol. The number of carboxylic acid groups (broad SMARTS) is 2. The highest BCUT2D eigenvalue weighted by molar-refractivity contribution is 5.93. The maximum absolute atomic E-state index is 10.8. The fourth-order valence-electron chi connectivity index (χ4n) is 1.41. The lowest BCUT2D eigenvalue weighted by Crippen LogP contribution is -2.18. The van der Waals surface area contributed by atoms with Crippen LogP contribution in [-0.4, -0.2) is 22.2 Å². The van der Waals surface area contributed by atoms with E-state index in [1.807, 2.05) is 0 Å². The second-order valence-electron chi connectivity index (χ2n) is 3.87. The van der Waals surface area contributed by atoms with E-state index in [0.29, 0.717) is 6.42 Å². The molecule has 0 radical (unpaired) electrons. The Morgan fingerprint density at radius 2 is 1.81 bits per heavy atom. The first-order valence-corrected chi connectivity index (χ1v) is 5.66. The van der Waals surface area contributed by atoms with E-state index in [-0.39, 0.29) is 5.57 Å². The summed E-state index contributed by atoms with van der Waals surface area (Å²) in [7, 11) is 0. The van der Waals surface area contributed by atoms with E-state index in [2.05, 4.69) is 6.92 Å². The lowest BCUT2D eigenvalue weighted by molar-refractivity contribution is -0.143. The van der Waals surface area contributed by atoms with Gasteiger partial charge in [-0.3, -0.25) is 4.79 Å². The Labute approximate surface area is 96.0 Å². The lowest BCUT2D eigenvalue weighted by atomic mass is 9.99. The van der Waals surface area contributed by atoms with Gasteiger partial charge >= 0.3 is 11.9 Å². The van der Waals surface area contributed by atoms with Gasteiger partial charge in [-0.15, -0.1) is 0 Å². The lowest BCUT2D eigenvalue weighted by Gasteiger charge is -2.07. The largest absolute Gasteiger partial charge is 0.481 e. The second kappa shape index (κ2) is 7.91. The minimum Gasteiger partial charge on any atom is -0.481 e. The number of hydrogen-bond donors (Lipinski definition) is 2. The molecule has 2 N–H and O–H groups in total. The molecule has 0 bridgehead atoms. The SMILES string of the molecule is CCCCCCC=C(C(=O)O)C(C)C(=O)O. The minimum atomic E-state index is -1.13. The van der Waals surface area contributed by atoms with Gasteiger partial charge in [0.25, 0.3) is 0 Å². The summed E-state index contributed by atoms with van der Waals surface area (Å²) in [5.74, 6) is -3.17. The number of aliphatic carboxylic acids is 2. The van der Waals surface area contributed by atoms with E-state index in [1.54, 1.807) is 0 Å². The molecule has 0 saturated carbocycles. The van der Waals surface area contributed by atoms with Crippen LogP contribution < -0.4 is 0 Å². The Hall–Kier alpha value is -1.32. The predicted molar refractivity (Wildman–Crippen MR) is 61.3 cm³/mol. The van der Waals surface area contributed by atoms with Gasteiger partial charge in [0.1, 0.15) is 0 Å². The number of carboxylic acids is 2. The minimum absolute atomic E-state index is 0.0102. The third-order valence-corrected chi connectivity index (χ3v) is 2.51. The standard InChI is InChI=1S/C12H20O4/c1-3-4-5-6-7-8-10(12(15)16)9(2)11(13)14/h8-9H,3-7H2,1-2H3,(H,13,14)(H,15,16). The van der Waals surface area contributed by atoms with Gasteiger partial charge in [0, 0.05) is 5.57 Å². The quantitative estimate of drug-likeness (QED) is 0.494. The van der Waals surface area contributed by atoms with Crippen molar-refractivity contribution in [3.63, 3.8) is 0 Å². The fraction of sp³-hybridized carbons (Fsp3) is 0.667. The first-order chi connectivity index (χ1) is 7.50. The van der Waals surface area contributed by atoms with Crippen LogP contribution in [0.2, 0.25) is 0 Å². The van der Waals surface area contributed by atoms with Gasteiger partial charge in [0.15, 0.2) is 0 Å². The molecule has 0 spiro atoms. The van der Waals surface area contributed by atoms with Crippen molar-refractivity contribution in [2.24, 2.45) is 5.92 Å². The summed E-state index contributed by atoms with van der Waals surface area (Å²) in [4.78, 5) is 21.5. The molecule has 0 aromatic carbocycles. The average Bonchev–Trinajstić information content (AvgIpc) is 2.21. The molecule has 0 aromatic heterocycles. The Balaban J connectivity index is 4.26. The van der Waals surface area contributed by atoms with E-state index in [4.69, 9.17) is 10.2 Å². The van der Waals surface area contributed by atoms with Crippen LogP contribution in [0, 0.1) is 5.92 Å². The molecule has 4 heteroatoms. The van der Waals surface area contributed by atoms with Gasteiger partial charge < -0.3 is 10.2 Å². The van der Waals surface area contributed by atoms with Crippen LogP contribution in [0.4, 0.5) is 0 Å².